The van der Waals surface area contributed by atoms with Crippen LogP contribution in [0.25, 0.3) is 5.69 Å². The first kappa shape index (κ1) is 20.3. The van der Waals surface area contributed by atoms with Gasteiger partial charge in [0.15, 0.2) is 0 Å². The molecule has 160 valence electrons. The number of benzene rings is 3. The summed E-state index contributed by atoms with van der Waals surface area (Å²) in [5.41, 5.74) is 10.5. The molecule has 0 amide bonds. The van der Waals surface area contributed by atoms with Crippen LogP contribution in [0.2, 0.25) is 0 Å². The largest absolute Gasteiger partial charge is 0.257 e. The van der Waals surface area contributed by atoms with Gasteiger partial charge >= 0.3 is 0 Å². The van der Waals surface area contributed by atoms with E-state index in [0.717, 1.165) is 34.9 Å². The highest BCUT2D eigenvalue weighted by Gasteiger charge is 2.34. The van der Waals surface area contributed by atoms with E-state index >= 15 is 0 Å². The van der Waals surface area contributed by atoms with Gasteiger partial charge in [-0.3, -0.25) is 5.01 Å². The predicted octanol–water partition coefficient (Wildman–Crippen LogP) is 6.46. The first-order valence-corrected chi connectivity index (χ1v) is 11.1. The first-order valence-electron chi connectivity index (χ1n) is 11.1. The van der Waals surface area contributed by atoms with E-state index in [2.05, 4.69) is 110 Å². The third-order valence-electron chi connectivity index (χ3n) is 6.45. The SMILES string of the molecule is Cc1ccc(N2N=C(c3ccccc3)CC2c2c(C)nn(-c3ccccc3)c2C)cc1C. The van der Waals surface area contributed by atoms with Crippen LogP contribution < -0.4 is 5.01 Å². The molecule has 32 heavy (non-hydrogen) atoms. The van der Waals surface area contributed by atoms with Crippen LogP contribution in [0.3, 0.4) is 0 Å². The molecule has 4 aromatic rings. The molecular weight excluding hydrogens is 392 g/mol. The minimum Gasteiger partial charge on any atom is -0.257 e. The quantitative estimate of drug-likeness (QED) is 0.379. The van der Waals surface area contributed by atoms with Gasteiger partial charge < -0.3 is 0 Å². The Labute approximate surface area is 189 Å². The first-order chi connectivity index (χ1) is 15.5. The summed E-state index contributed by atoms with van der Waals surface area (Å²) in [6.07, 6.45) is 0.846. The summed E-state index contributed by atoms with van der Waals surface area (Å²) in [6.45, 7) is 8.59. The molecule has 0 spiro atoms. The fraction of sp³-hybridized carbons (Fsp3) is 0.214. The molecule has 3 aromatic carbocycles. The Morgan fingerprint density at radius 2 is 1.44 bits per heavy atom. The molecule has 1 aliphatic heterocycles. The lowest BCUT2D eigenvalue weighted by molar-refractivity contribution is 0.698. The molecule has 1 atom stereocenters. The Hall–Kier alpha value is -3.66. The zero-order chi connectivity index (χ0) is 22.2. The molecule has 0 radical (unpaired) electrons. The topological polar surface area (TPSA) is 33.4 Å². The molecule has 2 heterocycles. The number of rotatable bonds is 4. The van der Waals surface area contributed by atoms with E-state index in [4.69, 9.17) is 10.2 Å². The van der Waals surface area contributed by atoms with E-state index in [-0.39, 0.29) is 6.04 Å². The molecule has 0 bridgehead atoms. The van der Waals surface area contributed by atoms with E-state index in [1.165, 1.54) is 22.3 Å². The molecule has 1 unspecified atom stereocenters. The van der Waals surface area contributed by atoms with E-state index in [1.807, 2.05) is 6.07 Å². The number of aromatic nitrogens is 2. The second-order valence-corrected chi connectivity index (χ2v) is 8.58. The van der Waals surface area contributed by atoms with E-state index in [9.17, 15) is 0 Å². The summed E-state index contributed by atoms with van der Waals surface area (Å²) >= 11 is 0. The van der Waals surface area contributed by atoms with Crippen molar-refractivity contribution in [2.45, 2.75) is 40.2 Å². The van der Waals surface area contributed by atoms with Crippen LogP contribution in [0.5, 0.6) is 0 Å². The lowest BCUT2D eigenvalue weighted by Gasteiger charge is -2.25. The van der Waals surface area contributed by atoms with Gasteiger partial charge in [-0.25, -0.2) is 4.68 Å². The third-order valence-corrected chi connectivity index (χ3v) is 6.45. The number of anilines is 1. The molecule has 1 aliphatic rings. The number of aryl methyl sites for hydroxylation is 3. The Bertz CT molecular complexity index is 1290. The summed E-state index contributed by atoms with van der Waals surface area (Å²) in [5.74, 6) is 0. The number of para-hydroxylation sites is 1. The third kappa shape index (κ3) is 3.52. The lowest BCUT2D eigenvalue weighted by Crippen LogP contribution is -2.20. The van der Waals surface area contributed by atoms with Crippen LogP contribution in [0.4, 0.5) is 5.69 Å². The average Bonchev–Trinajstić information content (AvgIpc) is 3.37. The van der Waals surface area contributed by atoms with Gasteiger partial charge in [0.05, 0.1) is 28.8 Å². The Kier molecular flexibility index (Phi) is 5.14. The van der Waals surface area contributed by atoms with E-state index in [0.29, 0.717) is 0 Å². The lowest BCUT2D eigenvalue weighted by atomic mass is 9.96. The maximum atomic E-state index is 5.13. The zero-order valence-electron chi connectivity index (χ0n) is 19.1. The smallest absolute Gasteiger partial charge is 0.0867 e. The fourth-order valence-corrected chi connectivity index (χ4v) is 4.60. The second-order valence-electron chi connectivity index (χ2n) is 8.58. The van der Waals surface area contributed by atoms with Crippen molar-refractivity contribution in [2.24, 2.45) is 5.10 Å². The monoisotopic (exact) mass is 420 g/mol. The summed E-state index contributed by atoms with van der Waals surface area (Å²) in [5, 5.41) is 12.3. The normalized spacial score (nSPS) is 15.8. The highest BCUT2D eigenvalue weighted by atomic mass is 15.5. The second kappa shape index (κ2) is 8.12. The van der Waals surface area contributed by atoms with Crippen molar-refractivity contribution in [3.8, 4) is 5.69 Å². The summed E-state index contributed by atoms with van der Waals surface area (Å²) in [4.78, 5) is 0. The van der Waals surface area contributed by atoms with Crippen molar-refractivity contribution in [3.05, 3.63) is 113 Å². The molecule has 0 fully saturated rings. The standard InChI is InChI=1S/C28H28N4/c1-19-15-16-25(17-20(19)2)32-27(18-26(30-32)23-11-7-5-8-12-23)28-21(3)29-31(22(28)4)24-13-9-6-10-14-24/h5-17,27H,18H2,1-4H3. The fourth-order valence-electron chi connectivity index (χ4n) is 4.60. The van der Waals surface area contributed by atoms with Crippen molar-refractivity contribution in [2.75, 3.05) is 5.01 Å². The van der Waals surface area contributed by atoms with E-state index < -0.39 is 0 Å². The van der Waals surface area contributed by atoms with Gasteiger partial charge in [0.1, 0.15) is 0 Å². The maximum Gasteiger partial charge on any atom is 0.0867 e. The Balaban J connectivity index is 1.62. The van der Waals surface area contributed by atoms with Gasteiger partial charge in [0, 0.05) is 17.7 Å². The summed E-state index contributed by atoms with van der Waals surface area (Å²) < 4.78 is 2.06. The maximum absolute atomic E-state index is 5.13. The summed E-state index contributed by atoms with van der Waals surface area (Å²) in [7, 11) is 0. The summed E-state index contributed by atoms with van der Waals surface area (Å²) in [6, 6.07) is 27.6. The highest BCUT2D eigenvalue weighted by molar-refractivity contribution is 6.03. The molecule has 1 aromatic heterocycles. The van der Waals surface area contributed by atoms with Crippen molar-refractivity contribution in [1.82, 2.24) is 9.78 Å². The Morgan fingerprint density at radius 3 is 2.12 bits per heavy atom. The van der Waals surface area contributed by atoms with Gasteiger partial charge in [-0.2, -0.15) is 10.2 Å². The molecule has 0 aliphatic carbocycles. The van der Waals surface area contributed by atoms with Crippen molar-refractivity contribution >= 4 is 11.4 Å². The van der Waals surface area contributed by atoms with Crippen LogP contribution in [0.15, 0.2) is 84.0 Å². The van der Waals surface area contributed by atoms with Crippen molar-refractivity contribution in [3.63, 3.8) is 0 Å². The van der Waals surface area contributed by atoms with Crippen LogP contribution in [0, 0.1) is 27.7 Å². The van der Waals surface area contributed by atoms with Gasteiger partial charge in [-0.1, -0.05) is 54.6 Å². The average molecular weight is 421 g/mol. The zero-order valence-corrected chi connectivity index (χ0v) is 19.1. The van der Waals surface area contributed by atoms with Gasteiger partial charge in [0.2, 0.25) is 0 Å². The van der Waals surface area contributed by atoms with Gasteiger partial charge in [-0.05, 0) is 68.7 Å². The molecule has 0 saturated heterocycles. The number of hydrogen-bond acceptors (Lipinski definition) is 3. The van der Waals surface area contributed by atoms with E-state index in [1.54, 1.807) is 0 Å². The predicted molar refractivity (Wildman–Crippen MR) is 132 cm³/mol. The highest BCUT2D eigenvalue weighted by Crippen LogP contribution is 2.40. The molecule has 4 nitrogen and oxygen atoms in total. The molecule has 5 rings (SSSR count). The minimum absolute atomic E-state index is 0.102. The molecular formula is C28H28N4. The number of hydrazone groups is 1. The van der Waals surface area contributed by atoms with Crippen LogP contribution in [-0.4, -0.2) is 15.5 Å². The van der Waals surface area contributed by atoms with Crippen molar-refractivity contribution < 1.29 is 0 Å². The number of hydrogen-bond donors (Lipinski definition) is 0. The molecule has 4 heteroatoms. The van der Waals surface area contributed by atoms with Gasteiger partial charge in [0.25, 0.3) is 0 Å². The minimum atomic E-state index is 0.102. The Morgan fingerprint density at radius 1 is 0.750 bits per heavy atom. The van der Waals surface area contributed by atoms with Crippen molar-refractivity contribution in [1.29, 1.82) is 0 Å². The van der Waals surface area contributed by atoms with Gasteiger partial charge in [-0.15, -0.1) is 0 Å². The van der Waals surface area contributed by atoms with Crippen LogP contribution in [0.1, 0.15) is 46.1 Å². The molecule has 0 N–H and O–H groups in total. The van der Waals surface area contributed by atoms with Crippen LogP contribution >= 0.6 is 0 Å². The molecule has 0 saturated carbocycles. The number of nitrogens with zero attached hydrogens (tertiary/aromatic N) is 4. The van der Waals surface area contributed by atoms with Crippen LogP contribution in [-0.2, 0) is 0 Å².